The molecule has 2 heterocycles. The van der Waals surface area contributed by atoms with Gasteiger partial charge in [-0.05, 0) is 43.4 Å². The molecule has 1 aromatic rings. The molecule has 0 unspecified atom stereocenters. The van der Waals surface area contributed by atoms with Gasteiger partial charge < -0.3 is 0 Å². The van der Waals surface area contributed by atoms with E-state index in [0.29, 0.717) is 19.1 Å². The number of hydrogen-bond acceptors (Lipinski definition) is 4. The van der Waals surface area contributed by atoms with Crippen LogP contribution in [0.1, 0.15) is 25.3 Å². The summed E-state index contributed by atoms with van der Waals surface area (Å²) in [5, 5.41) is 0. The minimum absolute atomic E-state index is 0.201. The Hall–Kier alpha value is -0.980. The molecule has 1 aromatic heterocycles. The highest BCUT2D eigenvalue weighted by Gasteiger charge is 2.39. The average Bonchev–Trinajstić information content (AvgIpc) is 3.22. The van der Waals surface area contributed by atoms with Gasteiger partial charge in [0.2, 0.25) is 10.0 Å². The Morgan fingerprint density at radius 1 is 1.29 bits per heavy atom. The molecule has 21 heavy (non-hydrogen) atoms. The zero-order chi connectivity index (χ0) is 14.9. The first kappa shape index (κ1) is 14.9. The Bertz CT molecular complexity index is 566. The van der Waals surface area contributed by atoms with E-state index in [1.165, 1.54) is 18.4 Å². The van der Waals surface area contributed by atoms with Crippen LogP contribution in [0, 0.1) is 5.92 Å². The minimum Gasteiger partial charge on any atom is -0.293 e. The fraction of sp³-hybridized carbons (Fsp3) is 0.667. The second kappa shape index (κ2) is 6.02. The third kappa shape index (κ3) is 3.62. The van der Waals surface area contributed by atoms with Crippen LogP contribution in [-0.4, -0.2) is 54.0 Å². The van der Waals surface area contributed by atoms with Crippen LogP contribution in [0.5, 0.6) is 0 Å². The van der Waals surface area contributed by atoms with Crippen LogP contribution in [-0.2, 0) is 16.6 Å². The number of aromatic nitrogens is 1. The molecule has 0 amide bonds. The normalized spacial score (nSPS) is 20.7. The third-order valence-corrected chi connectivity index (χ3v) is 6.24. The van der Waals surface area contributed by atoms with E-state index in [4.69, 9.17) is 0 Å². The molecule has 0 aromatic carbocycles. The molecular formula is C15H23N3O2S. The highest BCUT2D eigenvalue weighted by molar-refractivity contribution is 7.89. The molecule has 116 valence electrons. The lowest BCUT2D eigenvalue weighted by Crippen LogP contribution is -2.61. The Balaban J connectivity index is 1.61. The largest absolute Gasteiger partial charge is 0.293 e. The second-order valence-corrected chi connectivity index (χ2v) is 8.36. The fourth-order valence-corrected chi connectivity index (χ4v) is 3.92. The molecule has 2 aliphatic rings. The number of sulfonamides is 1. The molecule has 0 atom stereocenters. The van der Waals surface area contributed by atoms with Gasteiger partial charge in [-0.25, -0.2) is 8.42 Å². The van der Waals surface area contributed by atoms with Gasteiger partial charge in [-0.2, -0.15) is 4.31 Å². The molecule has 1 aliphatic carbocycles. The molecule has 2 fully saturated rings. The van der Waals surface area contributed by atoms with Crippen molar-refractivity contribution < 1.29 is 8.42 Å². The monoisotopic (exact) mass is 309 g/mol. The van der Waals surface area contributed by atoms with Gasteiger partial charge in [0.25, 0.3) is 0 Å². The summed E-state index contributed by atoms with van der Waals surface area (Å²) >= 11 is 0. The highest BCUT2D eigenvalue weighted by atomic mass is 32.2. The lowest BCUT2D eigenvalue weighted by atomic mass is 10.1. The SMILES string of the molecule is CCS(=O)(=O)N1CC(N(Cc2ccncc2)CC2CC2)C1. The standard InChI is InChI=1S/C15H23N3O2S/c1-2-21(19,20)18-11-15(12-18)17(9-13-3-4-13)10-14-5-7-16-8-6-14/h5-8,13,15H,2-4,9-12H2,1H3. The zero-order valence-corrected chi connectivity index (χ0v) is 13.3. The van der Waals surface area contributed by atoms with Crippen LogP contribution in [0.15, 0.2) is 24.5 Å². The van der Waals surface area contributed by atoms with Crippen LogP contribution in [0.2, 0.25) is 0 Å². The molecule has 0 bridgehead atoms. The second-order valence-electron chi connectivity index (χ2n) is 6.10. The van der Waals surface area contributed by atoms with Crippen molar-refractivity contribution in [1.29, 1.82) is 0 Å². The Labute approximate surface area is 127 Å². The Morgan fingerprint density at radius 3 is 2.52 bits per heavy atom. The van der Waals surface area contributed by atoms with E-state index >= 15 is 0 Å². The molecule has 1 saturated heterocycles. The van der Waals surface area contributed by atoms with Crippen molar-refractivity contribution in [2.24, 2.45) is 5.92 Å². The van der Waals surface area contributed by atoms with E-state index in [-0.39, 0.29) is 5.75 Å². The van der Waals surface area contributed by atoms with E-state index in [0.717, 1.165) is 19.0 Å². The topological polar surface area (TPSA) is 53.5 Å². The molecule has 0 spiro atoms. The molecule has 1 aliphatic heterocycles. The zero-order valence-electron chi connectivity index (χ0n) is 12.5. The van der Waals surface area contributed by atoms with Gasteiger partial charge in [-0.3, -0.25) is 9.88 Å². The maximum atomic E-state index is 11.8. The van der Waals surface area contributed by atoms with Crippen molar-refractivity contribution in [3.05, 3.63) is 30.1 Å². The summed E-state index contributed by atoms with van der Waals surface area (Å²) < 4.78 is 25.3. The van der Waals surface area contributed by atoms with Gasteiger partial charge in [0, 0.05) is 44.6 Å². The number of rotatable bonds is 7. The Kier molecular flexibility index (Phi) is 4.28. The Morgan fingerprint density at radius 2 is 1.95 bits per heavy atom. The van der Waals surface area contributed by atoms with Crippen LogP contribution in [0.4, 0.5) is 0 Å². The lowest BCUT2D eigenvalue weighted by molar-refractivity contribution is 0.0772. The number of nitrogens with zero attached hydrogens (tertiary/aromatic N) is 3. The highest BCUT2D eigenvalue weighted by Crippen LogP contribution is 2.32. The molecule has 6 heteroatoms. The summed E-state index contributed by atoms with van der Waals surface area (Å²) in [5.74, 6) is 1.01. The summed E-state index contributed by atoms with van der Waals surface area (Å²) in [4.78, 5) is 6.51. The van der Waals surface area contributed by atoms with Crippen molar-refractivity contribution in [1.82, 2.24) is 14.2 Å². The first-order valence-corrected chi connectivity index (χ1v) is 9.30. The van der Waals surface area contributed by atoms with Gasteiger partial charge in [-0.1, -0.05) is 0 Å². The predicted molar refractivity (Wildman–Crippen MR) is 82.2 cm³/mol. The van der Waals surface area contributed by atoms with E-state index in [1.807, 2.05) is 24.5 Å². The first-order chi connectivity index (χ1) is 10.1. The predicted octanol–water partition coefficient (Wildman–Crippen LogP) is 1.33. The molecule has 0 N–H and O–H groups in total. The van der Waals surface area contributed by atoms with Crippen LogP contribution < -0.4 is 0 Å². The van der Waals surface area contributed by atoms with Crippen LogP contribution >= 0.6 is 0 Å². The van der Waals surface area contributed by atoms with E-state index in [9.17, 15) is 8.42 Å². The molecular weight excluding hydrogens is 286 g/mol. The quantitative estimate of drug-likeness (QED) is 0.762. The number of hydrogen-bond donors (Lipinski definition) is 0. The van der Waals surface area contributed by atoms with Crippen LogP contribution in [0.3, 0.4) is 0 Å². The first-order valence-electron chi connectivity index (χ1n) is 7.69. The molecule has 0 radical (unpaired) electrons. The van der Waals surface area contributed by atoms with Crippen molar-refractivity contribution in [3.8, 4) is 0 Å². The number of pyridine rings is 1. The fourth-order valence-electron chi connectivity index (χ4n) is 2.75. The molecule has 1 saturated carbocycles. The van der Waals surface area contributed by atoms with Crippen molar-refractivity contribution in [2.75, 3.05) is 25.4 Å². The maximum absolute atomic E-state index is 11.8. The van der Waals surface area contributed by atoms with Gasteiger partial charge in [0.15, 0.2) is 0 Å². The minimum atomic E-state index is -3.02. The van der Waals surface area contributed by atoms with Gasteiger partial charge in [0.05, 0.1) is 5.75 Å². The van der Waals surface area contributed by atoms with Gasteiger partial charge in [-0.15, -0.1) is 0 Å². The van der Waals surface area contributed by atoms with E-state index < -0.39 is 10.0 Å². The van der Waals surface area contributed by atoms with Crippen LogP contribution in [0.25, 0.3) is 0 Å². The van der Waals surface area contributed by atoms with Gasteiger partial charge in [0.1, 0.15) is 0 Å². The summed E-state index contributed by atoms with van der Waals surface area (Å²) in [6.45, 7) is 4.99. The summed E-state index contributed by atoms with van der Waals surface area (Å²) in [5.41, 5.74) is 1.25. The lowest BCUT2D eigenvalue weighted by Gasteiger charge is -2.44. The summed E-state index contributed by atoms with van der Waals surface area (Å²) in [6, 6.07) is 4.44. The molecule has 3 rings (SSSR count). The summed E-state index contributed by atoms with van der Waals surface area (Å²) in [6.07, 6.45) is 6.27. The molecule has 5 nitrogen and oxygen atoms in total. The summed E-state index contributed by atoms with van der Waals surface area (Å²) in [7, 11) is -3.02. The van der Waals surface area contributed by atoms with Gasteiger partial charge >= 0.3 is 0 Å². The average molecular weight is 309 g/mol. The maximum Gasteiger partial charge on any atom is 0.213 e. The van der Waals surface area contributed by atoms with E-state index in [1.54, 1.807) is 11.2 Å². The van der Waals surface area contributed by atoms with E-state index in [2.05, 4.69) is 9.88 Å². The third-order valence-electron chi connectivity index (χ3n) is 4.43. The smallest absolute Gasteiger partial charge is 0.213 e. The van der Waals surface area contributed by atoms with Crippen molar-refractivity contribution >= 4 is 10.0 Å². The van der Waals surface area contributed by atoms with Crippen molar-refractivity contribution in [2.45, 2.75) is 32.4 Å². The van der Waals surface area contributed by atoms with Crippen molar-refractivity contribution in [3.63, 3.8) is 0 Å².